The Kier molecular flexibility index (Phi) is 2.84. The average molecular weight is 304 g/mol. The Morgan fingerprint density at radius 2 is 1.78 bits per heavy atom. The summed E-state index contributed by atoms with van der Waals surface area (Å²) in [5.41, 5.74) is 14.2. The van der Waals surface area contributed by atoms with Gasteiger partial charge in [-0.3, -0.25) is 4.98 Å². The second-order valence-electron chi connectivity index (χ2n) is 5.51. The van der Waals surface area contributed by atoms with E-state index >= 15 is 0 Å². The van der Waals surface area contributed by atoms with Crippen molar-refractivity contribution in [1.29, 1.82) is 0 Å². The number of rotatable bonds is 2. The lowest BCUT2D eigenvalue weighted by Crippen LogP contribution is -2.49. The first-order valence-electron chi connectivity index (χ1n) is 7.26. The maximum atomic E-state index is 6.03. The summed E-state index contributed by atoms with van der Waals surface area (Å²) < 4.78 is 0. The Balaban J connectivity index is 1.94. The van der Waals surface area contributed by atoms with Crippen molar-refractivity contribution in [3.8, 4) is 0 Å². The van der Waals surface area contributed by atoms with Crippen molar-refractivity contribution in [1.82, 2.24) is 15.3 Å². The van der Waals surface area contributed by atoms with Crippen LogP contribution in [0.2, 0.25) is 0 Å². The molecule has 3 heterocycles. The Hall–Kier alpha value is -3.28. The fraction of sp³-hybridized carbons (Fsp3) is 0.0588. The molecule has 3 aromatic rings. The van der Waals surface area contributed by atoms with Crippen LogP contribution in [-0.4, -0.2) is 16.2 Å². The number of hydrogen-bond acceptors (Lipinski definition) is 5. The first-order chi connectivity index (χ1) is 11.2. The Bertz CT molecular complexity index is 924. The standard InChI is InChI=1S/C17H16N6/c18-15-16(19)23-17(10-22-15,12-4-6-20-7-5-12)13-1-2-14-11(9-13)3-8-21-14/h1-10,21,23H,18-19H2. The van der Waals surface area contributed by atoms with Gasteiger partial charge in [-0.25, -0.2) is 4.99 Å². The van der Waals surface area contributed by atoms with Crippen molar-refractivity contribution in [3.63, 3.8) is 0 Å². The summed E-state index contributed by atoms with van der Waals surface area (Å²) in [5, 5.41) is 4.43. The second kappa shape index (κ2) is 4.88. The number of nitrogens with zero attached hydrogens (tertiary/aromatic N) is 2. The molecule has 1 aliphatic heterocycles. The highest BCUT2D eigenvalue weighted by molar-refractivity contribution is 5.86. The fourth-order valence-corrected chi connectivity index (χ4v) is 2.92. The van der Waals surface area contributed by atoms with Crippen LogP contribution in [0, 0.1) is 0 Å². The summed E-state index contributed by atoms with van der Waals surface area (Å²) >= 11 is 0. The molecule has 6 nitrogen and oxygen atoms in total. The van der Waals surface area contributed by atoms with Crippen molar-refractivity contribution in [2.75, 3.05) is 0 Å². The lowest BCUT2D eigenvalue weighted by molar-refractivity contribution is 0.573. The van der Waals surface area contributed by atoms with E-state index in [9.17, 15) is 0 Å². The van der Waals surface area contributed by atoms with Crippen LogP contribution in [0.3, 0.4) is 0 Å². The van der Waals surface area contributed by atoms with Gasteiger partial charge in [-0.1, -0.05) is 6.07 Å². The molecule has 0 radical (unpaired) electrons. The van der Waals surface area contributed by atoms with Gasteiger partial charge >= 0.3 is 0 Å². The van der Waals surface area contributed by atoms with Gasteiger partial charge in [0.05, 0.1) is 0 Å². The van der Waals surface area contributed by atoms with E-state index in [1.807, 2.05) is 36.5 Å². The van der Waals surface area contributed by atoms with Gasteiger partial charge in [-0.2, -0.15) is 0 Å². The number of nitrogens with two attached hydrogens (primary N) is 2. The minimum absolute atomic E-state index is 0.289. The average Bonchev–Trinajstić information content (AvgIpc) is 3.06. The van der Waals surface area contributed by atoms with Gasteiger partial charge in [0.15, 0.2) is 5.82 Å². The van der Waals surface area contributed by atoms with E-state index in [-0.39, 0.29) is 5.82 Å². The molecule has 1 atom stereocenters. The third-order valence-corrected chi connectivity index (χ3v) is 4.15. The summed E-state index contributed by atoms with van der Waals surface area (Å²) in [6.45, 7) is 0. The molecule has 1 aromatic carbocycles. The van der Waals surface area contributed by atoms with E-state index in [4.69, 9.17) is 11.5 Å². The van der Waals surface area contributed by atoms with Crippen LogP contribution in [0.4, 0.5) is 0 Å². The lowest BCUT2D eigenvalue weighted by Gasteiger charge is -2.35. The summed E-state index contributed by atoms with van der Waals surface area (Å²) in [5.74, 6) is 0.649. The van der Waals surface area contributed by atoms with E-state index in [0.717, 1.165) is 22.0 Å². The van der Waals surface area contributed by atoms with Gasteiger partial charge in [0.25, 0.3) is 0 Å². The highest BCUT2D eigenvalue weighted by Crippen LogP contribution is 2.32. The third kappa shape index (κ3) is 2.03. The molecular weight excluding hydrogens is 288 g/mol. The maximum Gasteiger partial charge on any atom is 0.163 e. The summed E-state index contributed by atoms with van der Waals surface area (Å²) in [7, 11) is 0. The molecule has 0 saturated heterocycles. The molecule has 0 spiro atoms. The van der Waals surface area contributed by atoms with E-state index in [2.05, 4.69) is 26.3 Å². The van der Waals surface area contributed by atoms with E-state index in [1.165, 1.54) is 0 Å². The fourth-order valence-electron chi connectivity index (χ4n) is 2.92. The molecular formula is C17H16N6. The van der Waals surface area contributed by atoms with Gasteiger partial charge in [-0.05, 0) is 46.8 Å². The monoisotopic (exact) mass is 304 g/mol. The molecule has 114 valence electrons. The predicted molar refractivity (Wildman–Crippen MR) is 90.3 cm³/mol. The Morgan fingerprint density at radius 1 is 0.957 bits per heavy atom. The second-order valence-corrected chi connectivity index (χ2v) is 5.51. The topological polar surface area (TPSA) is 105 Å². The van der Waals surface area contributed by atoms with Crippen molar-refractivity contribution >= 4 is 17.1 Å². The van der Waals surface area contributed by atoms with Crippen molar-refractivity contribution < 1.29 is 0 Å². The lowest BCUT2D eigenvalue weighted by atomic mass is 9.83. The van der Waals surface area contributed by atoms with Crippen LogP contribution < -0.4 is 16.8 Å². The van der Waals surface area contributed by atoms with Gasteiger partial charge in [0.1, 0.15) is 11.4 Å². The van der Waals surface area contributed by atoms with E-state index in [1.54, 1.807) is 18.6 Å². The SMILES string of the molecule is NC1=C(N)NC(c2ccncc2)(c2ccc3[nH]ccc3c2)C=N1. The van der Waals surface area contributed by atoms with Gasteiger partial charge in [-0.15, -0.1) is 0 Å². The zero-order valence-electron chi connectivity index (χ0n) is 12.3. The molecule has 0 saturated carbocycles. The number of aromatic nitrogens is 2. The summed E-state index contributed by atoms with van der Waals surface area (Å²) in [6, 6.07) is 12.1. The molecule has 6 heteroatoms. The van der Waals surface area contributed by atoms with Crippen LogP contribution in [0.5, 0.6) is 0 Å². The molecule has 0 aliphatic carbocycles. The van der Waals surface area contributed by atoms with Gasteiger partial charge in [0, 0.05) is 30.3 Å². The van der Waals surface area contributed by atoms with Crippen LogP contribution in [0.25, 0.3) is 10.9 Å². The molecule has 0 fully saturated rings. The predicted octanol–water partition coefficient (Wildman–Crippen LogP) is 1.52. The summed E-state index contributed by atoms with van der Waals surface area (Å²) in [4.78, 5) is 11.6. The number of aromatic amines is 1. The highest BCUT2D eigenvalue weighted by atomic mass is 15.1. The van der Waals surface area contributed by atoms with Crippen molar-refractivity contribution in [3.05, 3.63) is 77.8 Å². The van der Waals surface area contributed by atoms with Gasteiger partial charge in [0.2, 0.25) is 0 Å². The first-order valence-corrected chi connectivity index (χ1v) is 7.26. The molecule has 2 aromatic heterocycles. The normalized spacial score (nSPS) is 20.7. The molecule has 0 amide bonds. The largest absolute Gasteiger partial charge is 0.382 e. The first kappa shape index (κ1) is 13.4. The Morgan fingerprint density at radius 3 is 2.57 bits per heavy atom. The van der Waals surface area contributed by atoms with Crippen LogP contribution in [-0.2, 0) is 5.54 Å². The van der Waals surface area contributed by atoms with Crippen molar-refractivity contribution in [2.24, 2.45) is 16.5 Å². The number of hydrogen-bond donors (Lipinski definition) is 4. The smallest absolute Gasteiger partial charge is 0.163 e. The van der Waals surface area contributed by atoms with Crippen LogP contribution in [0.15, 0.2) is 71.6 Å². The van der Waals surface area contributed by atoms with Crippen LogP contribution >= 0.6 is 0 Å². The molecule has 4 rings (SSSR count). The maximum absolute atomic E-state index is 6.03. The summed E-state index contributed by atoms with van der Waals surface area (Å²) in [6.07, 6.45) is 7.21. The quantitative estimate of drug-likeness (QED) is 0.576. The minimum atomic E-state index is -0.679. The number of aliphatic imine (C=N–C) groups is 1. The number of fused-ring (bicyclic) bond motifs is 1. The van der Waals surface area contributed by atoms with Crippen molar-refractivity contribution in [2.45, 2.75) is 5.54 Å². The van der Waals surface area contributed by atoms with E-state index in [0.29, 0.717) is 5.82 Å². The number of pyridine rings is 1. The molecule has 0 bridgehead atoms. The zero-order chi connectivity index (χ0) is 15.9. The minimum Gasteiger partial charge on any atom is -0.382 e. The molecule has 23 heavy (non-hydrogen) atoms. The number of H-pyrrole nitrogens is 1. The van der Waals surface area contributed by atoms with Gasteiger partial charge < -0.3 is 21.8 Å². The number of nitrogens with one attached hydrogen (secondary N) is 2. The highest BCUT2D eigenvalue weighted by Gasteiger charge is 2.35. The molecule has 1 unspecified atom stereocenters. The van der Waals surface area contributed by atoms with E-state index < -0.39 is 5.54 Å². The Labute approximate surface area is 132 Å². The zero-order valence-corrected chi connectivity index (χ0v) is 12.3. The third-order valence-electron chi connectivity index (χ3n) is 4.15. The molecule has 6 N–H and O–H groups in total. The van der Waals surface area contributed by atoms with Crippen LogP contribution in [0.1, 0.15) is 11.1 Å². The molecule has 1 aliphatic rings. The number of benzene rings is 1.